The summed E-state index contributed by atoms with van der Waals surface area (Å²) in [5.74, 6) is 1.07. The van der Waals surface area contributed by atoms with Crippen LogP contribution in [0.1, 0.15) is 54.6 Å². The van der Waals surface area contributed by atoms with Crippen molar-refractivity contribution in [2.45, 2.75) is 38.7 Å². The number of nitrogens with zero attached hydrogens (tertiary/aromatic N) is 1. The van der Waals surface area contributed by atoms with Gasteiger partial charge in [-0.1, -0.05) is 42.8 Å². The van der Waals surface area contributed by atoms with E-state index in [4.69, 9.17) is 9.47 Å². The fraction of sp³-hybridized carbons (Fsp3) is 0.370. The highest BCUT2D eigenvalue weighted by Gasteiger charge is 2.48. The van der Waals surface area contributed by atoms with E-state index in [1.165, 1.54) is 19.3 Å². The lowest BCUT2D eigenvalue weighted by atomic mass is 9.63. The number of carbonyl (C=O) groups excluding carboxylic acids is 1. The molecule has 1 saturated heterocycles. The Morgan fingerprint density at radius 3 is 2.55 bits per heavy atom. The van der Waals surface area contributed by atoms with Crippen molar-refractivity contribution in [3.8, 4) is 11.5 Å². The van der Waals surface area contributed by atoms with E-state index < -0.39 is 5.60 Å². The molecule has 2 aromatic rings. The Balaban J connectivity index is 1.55. The molecule has 0 amide bonds. The van der Waals surface area contributed by atoms with Crippen LogP contribution in [-0.2, 0) is 0 Å². The average molecular weight is 416 g/mol. The molecular formula is C27H29NO3. The van der Waals surface area contributed by atoms with Crippen molar-refractivity contribution in [3.05, 3.63) is 65.2 Å². The number of carbonyl (C=O) groups is 1. The highest BCUT2D eigenvalue weighted by Crippen LogP contribution is 2.53. The second kappa shape index (κ2) is 7.30. The van der Waals surface area contributed by atoms with Crippen LogP contribution in [0.5, 0.6) is 11.5 Å². The molecule has 3 aliphatic rings. The smallest absolute Gasteiger partial charge is 0.193 e. The Labute approximate surface area is 184 Å². The van der Waals surface area contributed by atoms with E-state index in [1.807, 2.05) is 56.3 Å². The van der Waals surface area contributed by atoms with E-state index in [0.29, 0.717) is 22.5 Å². The summed E-state index contributed by atoms with van der Waals surface area (Å²) in [5.41, 5.74) is 3.56. The Hall–Kier alpha value is -3.01. The predicted molar refractivity (Wildman–Crippen MR) is 125 cm³/mol. The number of allylic oxidation sites excluding steroid dienone is 1. The van der Waals surface area contributed by atoms with Crippen molar-refractivity contribution in [3.63, 3.8) is 0 Å². The first-order valence-corrected chi connectivity index (χ1v) is 11.1. The fourth-order valence-corrected chi connectivity index (χ4v) is 4.89. The van der Waals surface area contributed by atoms with Gasteiger partial charge in [-0.2, -0.15) is 0 Å². The normalized spacial score (nSPS) is 20.0. The van der Waals surface area contributed by atoms with Crippen LogP contribution in [0.25, 0.3) is 12.2 Å². The van der Waals surface area contributed by atoms with Crippen LogP contribution < -0.4 is 14.4 Å². The van der Waals surface area contributed by atoms with E-state index in [9.17, 15) is 4.79 Å². The van der Waals surface area contributed by atoms with Gasteiger partial charge in [0.05, 0.1) is 12.8 Å². The van der Waals surface area contributed by atoms with Crippen molar-refractivity contribution < 1.29 is 14.3 Å². The van der Waals surface area contributed by atoms with Gasteiger partial charge in [-0.15, -0.1) is 0 Å². The summed E-state index contributed by atoms with van der Waals surface area (Å²) in [6.45, 7) is 6.15. The van der Waals surface area contributed by atoms with Crippen LogP contribution in [0.3, 0.4) is 0 Å². The summed E-state index contributed by atoms with van der Waals surface area (Å²) in [6, 6.07) is 11.8. The topological polar surface area (TPSA) is 38.8 Å². The molecule has 4 heteroatoms. The first kappa shape index (κ1) is 19.9. The second-order valence-corrected chi connectivity index (χ2v) is 9.57. The van der Waals surface area contributed by atoms with Gasteiger partial charge < -0.3 is 14.4 Å². The zero-order valence-electron chi connectivity index (χ0n) is 18.5. The zero-order valence-corrected chi connectivity index (χ0v) is 18.5. The SMILES string of the molecule is COc1cc(N2CC3(CCC3)C2)c2c(c1C(=O)/C=C/c1ccccc1)OC(C)(C)C=C2. The lowest BCUT2D eigenvalue weighted by Crippen LogP contribution is -2.60. The third kappa shape index (κ3) is 3.54. The molecule has 0 bridgehead atoms. The molecule has 0 unspecified atom stereocenters. The molecule has 5 rings (SSSR count). The number of hydrogen-bond donors (Lipinski definition) is 0. The van der Waals surface area contributed by atoms with Crippen molar-refractivity contribution in [1.29, 1.82) is 0 Å². The number of ether oxygens (including phenoxy) is 2. The summed E-state index contributed by atoms with van der Waals surface area (Å²) in [4.78, 5) is 15.7. The number of rotatable bonds is 5. The number of hydrogen-bond acceptors (Lipinski definition) is 4. The lowest BCUT2D eigenvalue weighted by Gasteiger charge is -2.57. The lowest BCUT2D eigenvalue weighted by molar-refractivity contribution is 0.0899. The summed E-state index contributed by atoms with van der Waals surface area (Å²) in [5, 5.41) is 0. The van der Waals surface area contributed by atoms with Crippen molar-refractivity contribution in [1.82, 2.24) is 0 Å². The van der Waals surface area contributed by atoms with E-state index in [0.717, 1.165) is 29.9 Å². The van der Waals surface area contributed by atoms with Crippen LogP contribution in [0.4, 0.5) is 5.69 Å². The molecule has 1 aliphatic carbocycles. The monoisotopic (exact) mass is 415 g/mol. The Bertz CT molecular complexity index is 1070. The fourth-order valence-electron chi connectivity index (χ4n) is 4.89. The maximum absolute atomic E-state index is 13.3. The standard InChI is InChI=1S/C27H29NO3/c1-26(2)15-12-20-21(28-17-27(18-28)13-7-14-27)16-23(30-3)24(25(20)31-26)22(29)11-10-19-8-5-4-6-9-19/h4-6,8-12,15-16H,7,13-14,17-18H2,1-3H3/b11-10+. The zero-order chi connectivity index (χ0) is 21.6. The van der Waals surface area contributed by atoms with Crippen LogP contribution in [0, 0.1) is 5.41 Å². The third-order valence-corrected chi connectivity index (χ3v) is 6.78. The van der Waals surface area contributed by atoms with Gasteiger partial charge in [-0.25, -0.2) is 0 Å². The first-order valence-electron chi connectivity index (χ1n) is 11.1. The van der Waals surface area contributed by atoms with Gasteiger partial charge >= 0.3 is 0 Å². The van der Waals surface area contributed by atoms with Crippen LogP contribution in [0.2, 0.25) is 0 Å². The molecule has 160 valence electrons. The van der Waals surface area contributed by atoms with E-state index in [-0.39, 0.29) is 5.78 Å². The minimum Gasteiger partial charge on any atom is -0.496 e. The number of methoxy groups -OCH3 is 1. The van der Waals surface area contributed by atoms with Crippen molar-refractivity contribution in [2.24, 2.45) is 5.41 Å². The summed E-state index contributed by atoms with van der Waals surface area (Å²) in [6.07, 6.45) is 11.6. The molecular weight excluding hydrogens is 386 g/mol. The summed E-state index contributed by atoms with van der Waals surface area (Å²) < 4.78 is 12.1. The first-order chi connectivity index (χ1) is 14.9. The predicted octanol–water partition coefficient (Wildman–Crippen LogP) is 5.77. The molecule has 0 aromatic heterocycles. The maximum atomic E-state index is 13.3. The summed E-state index contributed by atoms with van der Waals surface area (Å²) >= 11 is 0. The second-order valence-electron chi connectivity index (χ2n) is 9.57. The number of benzene rings is 2. The minimum atomic E-state index is -0.487. The molecule has 2 aromatic carbocycles. The molecule has 2 fully saturated rings. The van der Waals surface area contributed by atoms with Gasteiger partial charge in [0.2, 0.25) is 0 Å². The Kier molecular flexibility index (Phi) is 4.69. The molecule has 0 atom stereocenters. The van der Waals surface area contributed by atoms with Gasteiger partial charge in [0.15, 0.2) is 5.78 Å². The van der Waals surface area contributed by atoms with Crippen LogP contribution in [0.15, 0.2) is 48.6 Å². The van der Waals surface area contributed by atoms with Gasteiger partial charge in [-0.3, -0.25) is 4.79 Å². The van der Waals surface area contributed by atoms with E-state index in [1.54, 1.807) is 13.2 Å². The molecule has 1 saturated carbocycles. The molecule has 2 heterocycles. The highest BCUT2D eigenvalue weighted by molar-refractivity contribution is 6.12. The molecule has 0 N–H and O–H groups in total. The molecule has 1 spiro atoms. The van der Waals surface area contributed by atoms with E-state index in [2.05, 4.69) is 17.1 Å². The van der Waals surface area contributed by atoms with Gasteiger partial charge in [0.1, 0.15) is 22.7 Å². The average Bonchev–Trinajstić information content (AvgIpc) is 2.69. The molecule has 2 aliphatic heterocycles. The number of anilines is 1. The number of ketones is 1. The Morgan fingerprint density at radius 1 is 1.16 bits per heavy atom. The van der Waals surface area contributed by atoms with Crippen molar-refractivity contribution >= 4 is 23.6 Å². The van der Waals surface area contributed by atoms with Crippen LogP contribution in [-0.4, -0.2) is 31.6 Å². The molecule has 31 heavy (non-hydrogen) atoms. The largest absolute Gasteiger partial charge is 0.496 e. The highest BCUT2D eigenvalue weighted by atomic mass is 16.5. The van der Waals surface area contributed by atoms with Gasteiger partial charge in [-0.05, 0) is 50.5 Å². The van der Waals surface area contributed by atoms with E-state index >= 15 is 0 Å². The molecule has 4 nitrogen and oxygen atoms in total. The number of fused-ring (bicyclic) bond motifs is 1. The Morgan fingerprint density at radius 2 is 1.90 bits per heavy atom. The maximum Gasteiger partial charge on any atom is 0.193 e. The summed E-state index contributed by atoms with van der Waals surface area (Å²) in [7, 11) is 1.62. The van der Waals surface area contributed by atoms with Crippen molar-refractivity contribution in [2.75, 3.05) is 25.1 Å². The third-order valence-electron chi connectivity index (χ3n) is 6.78. The molecule has 0 radical (unpaired) electrons. The van der Waals surface area contributed by atoms with Gasteiger partial charge in [0.25, 0.3) is 0 Å². The van der Waals surface area contributed by atoms with Gasteiger partial charge in [0, 0.05) is 30.1 Å². The van der Waals surface area contributed by atoms with Crippen LogP contribution >= 0.6 is 0 Å². The minimum absolute atomic E-state index is 0.117. The quantitative estimate of drug-likeness (QED) is 0.459.